The summed E-state index contributed by atoms with van der Waals surface area (Å²) in [5, 5.41) is 2.72. The quantitative estimate of drug-likeness (QED) is 0.347. The van der Waals surface area contributed by atoms with E-state index in [1.54, 1.807) is 0 Å². The van der Waals surface area contributed by atoms with Gasteiger partial charge in [-0.05, 0) is 25.1 Å². The van der Waals surface area contributed by atoms with Crippen LogP contribution >= 0.6 is 0 Å². The number of methoxy groups -OCH3 is 1. The zero-order valence-corrected chi connectivity index (χ0v) is 15.5. The van der Waals surface area contributed by atoms with Crippen molar-refractivity contribution in [2.24, 2.45) is 5.92 Å². The van der Waals surface area contributed by atoms with Crippen LogP contribution in [-0.4, -0.2) is 45.2 Å². The molecule has 0 saturated carbocycles. The van der Waals surface area contributed by atoms with Crippen molar-refractivity contribution in [3.8, 4) is 0 Å². The van der Waals surface area contributed by atoms with E-state index in [0.717, 1.165) is 0 Å². The van der Waals surface area contributed by atoms with Crippen LogP contribution in [0.3, 0.4) is 0 Å². The molecule has 0 aliphatic carbocycles. The first-order valence-corrected chi connectivity index (χ1v) is 10.4. The molecule has 0 aromatic heterocycles. The molecule has 3 atom stereocenters. The van der Waals surface area contributed by atoms with Gasteiger partial charge in [-0.2, -0.15) is 0 Å². The maximum Gasteiger partial charge on any atom is 0.374 e. The van der Waals surface area contributed by atoms with Crippen LogP contribution in [0.2, 0.25) is 18.1 Å². The van der Waals surface area contributed by atoms with Crippen LogP contribution in [0.5, 0.6) is 0 Å². The van der Waals surface area contributed by atoms with E-state index < -0.39 is 26.0 Å². The third kappa shape index (κ3) is 3.95. The van der Waals surface area contributed by atoms with E-state index in [4.69, 9.17) is 4.43 Å². The number of rotatable bonds is 6. The highest BCUT2D eigenvalue weighted by molar-refractivity contribution is 6.74. The number of ether oxygens (including phenoxy) is 1. The number of hydrogen-bond acceptors (Lipinski definition) is 5. The minimum absolute atomic E-state index is 0.0405. The molecule has 1 heterocycles. The van der Waals surface area contributed by atoms with Crippen molar-refractivity contribution in [2.75, 3.05) is 7.11 Å². The molecule has 1 aliphatic heterocycles. The number of ketones is 1. The minimum atomic E-state index is -2.00. The Morgan fingerprint density at radius 1 is 1.32 bits per heavy atom. The summed E-state index contributed by atoms with van der Waals surface area (Å²) in [5.41, 5.74) is 0. The fourth-order valence-electron chi connectivity index (χ4n) is 2.29. The van der Waals surface area contributed by atoms with Crippen LogP contribution in [-0.2, 0) is 23.5 Å². The first kappa shape index (κ1) is 18.8. The molecule has 7 heteroatoms. The average Bonchev–Trinajstić information content (AvgIpc) is 2.34. The summed E-state index contributed by atoms with van der Waals surface area (Å²) in [6.07, 6.45) is -0.334. The van der Waals surface area contributed by atoms with Gasteiger partial charge in [-0.25, -0.2) is 4.79 Å². The van der Waals surface area contributed by atoms with E-state index in [1.807, 2.05) is 6.92 Å². The molecule has 1 aliphatic rings. The lowest BCUT2D eigenvalue weighted by Crippen LogP contribution is -2.64. The smallest absolute Gasteiger partial charge is 0.374 e. The third-order valence-electron chi connectivity index (χ3n) is 4.67. The van der Waals surface area contributed by atoms with Gasteiger partial charge < -0.3 is 14.5 Å². The van der Waals surface area contributed by atoms with Crippen LogP contribution in [0.15, 0.2) is 0 Å². The highest BCUT2D eigenvalue weighted by atomic mass is 28.4. The van der Waals surface area contributed by atoms with Crippen LogP contribution < -0.4 is 5.32 Å². The lowest BCUT2D eigenvalue weighted by molar-refractivity contribution is -0.154. The standard InChI is InChI=1S/C15H27NO5Si/c1-9(21-22(6,7)15(2,3)4)12-10(16-13(12)18)8-11(17)14(19)20-5/h9-10,12H,8H2,1-7H3,(H,16,18)/t9-,10-,12-/m1/s1. The molecule has 0 aromatic carbocycles. The number of β-lactam (4-membered cyclic amide) rings is 1. The summed E-state index contributed by atoms with van der Waals surface area (Å²) in [6.45, 7) is 12.5. The Balaban J connectivity index is 2.71. The van der Waals surface area contributed by atoms with Crippen molar-refractivity contribution in [2.45, 2.75) is 64.4 Å². The number of carbonyl (C=O) groups excluding carboxylic acids is 3. The molecule has 1 saturated heterocycles. The van der Waals surface area contributed by atoms with Crippen LogP contribution in [0.25, 0.3) is 0 Å². The molecule has 6 nitrogen and oxygen atoms in total. The lowest BCUT2D eigenvalue weighted by atomic mass is 9.83. The second-order valence-corrected chi connectivity index (χ2v) is 12.1. The molecular formula is C15H27NO5Si. The van der Waals surface area contributed by atoms with Crippen LogP contribution in [0.4, 0.5) is 0 Å². The van der Waals surface area contributed by atoms with E-state index in [0.29, 0.717) is 0 Å². The number of esters is 1. The second-order valence-electron chi connectivity index (χ2n) is 7.34. The molecule has 0 aromatic rings. The van der Waals surface area contributed by atoms with E-state index >= 15 is 0 Å². The number of amides is 1. The van der Waals surface area contributed by atoms with Gasteiger partial charge in [0.2, 0.25) is 11.7 Å². The van der Waals surface area contributed by atoms with Gasteiger partial charge in [0.1, 0.15) is 0 Å². The van der Waals surface area contributed by atoms with Crippen molar-refractivity contribution in [3.05, 3.63) is 0 Å². The molecule has 1 N–H and O–H groups in total. The number of carbonyl (C=O) groups is 3. The van der Waals surface area contributed by atoms with Gasteiger partial charge >= 0.3 is 5.97 Å². The molecule has 126 valence electrons. The highest BCUT2D eigenvalue weighted by Crippen LogP contribution is 2.39. The summed E-state index contributed by atoms with van der Waals surface area (Å²) in [6, 6.07) is -0.362. The average molecular weight is 329 g/mol. The summed E-state index contributed by atoms with van der Waals surface area (Å²) in [5.74, 6) is -2.04. The van der Waals surface area contributed by atoms with Crippen molar-refractivity contribution in [1.29, 1.82) is 0 Å². The zero-order valence-electron chi connectivity index (χ0n) is 14.5. The van der Waals surface area contributed by atoms with Crippen molar-refractivity contribution < 1.29 is 23.5 Å². The maximum absolute atomic E-state index is 11.8. The van der Waals surface area contributed by atoms with E-state index in [-0.39, 0.29) is 29.5 Å². The summed E-state index contributed by atoms with van der Waals surface area (Å²) in [7, 11) is -0.831. The van der Waals surface area contributed by atoms with Gasteiger partial charge in [0.05, 0.1) is 25.2 Å². The zero-order chi connectivity index (χ0) is 17.3. The number of nitrogens with one attached hydrogen (secondary N) is 1. The largest absolute Gasteiger partial charge is 0.463 e. The molecule has 0 radical (unpaired) electrons. The molecule has 1 fully saturated rings. The van der Waals surface area contributed by atoms with Crippen LogP contribution in [0.1, 0.15) is 34.1 Å². The van der Waals surface area contributed by atoms with Gasteiger partial charge in [0.25, 0.3) is 0 Å². The molecule has 0 bridgehead atoms. The van der Waals surface area contributed by atoms with Gasteiger partial charge in [-0.3, -0.25) is 9.59 Å². The molecular weight excluding hydrogens is 302 g/mol. The van der Waals surface area contributed by atoms with Crippen molar-refractivity contribution in [1.82, 2.24) is 5.32 Å². The summed E-state index contributed by atoms with van der Waals surface area (Å²) < 4.78 is 10.6. The molecule has 0 unspecified atom stereocenters. The third-order valence-corrected chi connectivity index (χ3v) is 9.25. The number of Topliss-reactive ketones (excluding diaryl/α,β-unsaturated/α-hetero) is 1. The minimum Gasteiger partial charge on any atom is -0.463 e. The maximum atomic E-state index is 11.8. The van der Waals surface area contributed by atoms with Crippen molar-refractivity contribution in [3.63, 3.8) is 0 Å². The SMILES string of the molecule is COC(=O)C(=O)C[C@H]1NC(=O)[C@@H]1[C@@H](C)O[Si](C)(C)C(C)(C)C. The van der Waals surface area contributed by atoms with Gasteiger partial charge in [-0.15, -0.1) is 0 Å². The Bertz CT molecular complexity index is 469. The van der Waals surface area contributed by atoms with Crippen molar-refractivity contribution >= 4 is 26.0 Å². The normalized spacial score (nSPS) is 23.3. The molecule has 0 spiro atoms. The molecule has 22 heavy (non-hydrogen) atoms. The second kappa shape index (κ2) is 6.50. The predicted octanol–water partition coefficient (Wildman–Crippen LogP) is 1.64. The topological polar surface area (TPSA) is 81.7 Å². The molecule has 1 rings (SSSR count). The van der Waals surface area contributed by atoms with Gasteiger partial charge in [-0.1, -0.05) is 20.8 Å². The first-order chi connectivity index (χ1) is 9.90. The Labute approximate surface area is 133 Å². The van der Waals surface area contributed by atoms with E-state index in [2.05, 4.69) is 43.9 Å². The number of hydrogen-bond donors (Lipinski definition) is 1. The Morgan fingerprint density at radius 2 is 1.86 bits per heavy atom. The van der Waals surface area contributed by atoms with E-state index in [9.17, 15) is 14.4 Å². The Hall–Kier alpha value is -1.21. The fourth-order valence-corrected chi connectivity index (χ4v) is 3.71. The Kier molecular flexibility index (Phi) is 5.56. The van der Waals surface area contributed by atoms with E-state index in [1.165, 1.54) is 7.11 Å². The first-order valence-electron chi connectivity index (χ1n) is 7.50. The van der Waals surface area contributed by atoms with Crippen LogP contribution in [0, 0.1) is 5.92 Å². The fraction of sp³-hybridized carbons (Fsp3) is 0.800. The highest BCUT2D eigenvalue weighted by Gasteiger charge is 2.48. The Morgan fingerprint density at radius 3 is 2.27 bits per heavy atom. The predicted molar refractivity (Wildman–Crippen MR) is 84.8 cm³/mol. The summed E-state index contributed by atoms with van der Waals surface area (Å²) in [4.78, 5) is 34.7. The monoisotopic (exact) mass is 329 g/mol. The van der Waals surface area contributed by atoms with Gasteiger partial charge in [0, 0.05) is 6.42 Å². The van der Waals surface area contributed by atoms with Gasteiger partial charge in [0.15, 0.2) is 8.32 Å². The summed E-state index contributed by atoms with van der Waals surface area (Å²) >= 11 is 0. The lowest BCUT2D eigenvalue weighted by Gasteiger charge is -2.45. The molecule has 1 amide bonds.